The van der Waals surface area contributed by atoms with E-state index in [-0.39, 0.29) is 17.2 Å². The number of carboxylic acids is 1. The molecule has 1 aliphatic heterocycles. The standard InChI is InChI=1S/C15H22N6O4Se2/c1-27-3-2-7(15(23)24)17-4-8-10(22)11(26)14(25-8)21-6-20-9-12(16)18-5-19-13(9)21/h5-8,10-11,14,17,22,26H,2-4H2,1H3,(H,23,24)(H2,16,18,19)/t7-,8+,10+,11+,14+/m0/s1. The summed E-state index contributed by atoms with van der Waals surface area (Å²) in [6.45, 7) is 0.239. The Hall–Kier alpha value is -1.26. The van der Waals surface area contributed by atoms with Gasteiger partial charge < -0.3 is 0 Å². The van der Waals surface area contributed by atoms with Crippen LogP contribution in [-0.2, 0) is 9.53 Å². The number of hydrogen-bond acceptors (Lipinski definition) is 8. The van der Waals surface area contributed by atoms with Crippen LogP contribution >= 0.6 is 0 Å². The van der Waals surface area contributed by atoms with Crippen molar-refractivity contribution >= 4 is 53.9 Å². The Bertz CT molecular complexity index is 806. The van der Waals surface area contributed by atoms with Crippen molar-refractivity contribution in [3.05, 3.63) is 12.7 Å². The number of rotatable bonds is 8. The van der Waals surface area contributed by atoms with Gasteiger partial charge in [0.1, 0.15) is 0 Å². The fourth-order valence-electron chi connectivity index (χ4n) is 2.99. The summed E-state index contributed by atoms with van der Waals surface area (Å²) in [6, 6.07) is -0.645. The zero-order valence-corrected chi connectivity index (χ0v) is 18.2. The number of aromatic nitrogens is 4. The number of anilines is 1. The average Bonchev–Trinajstić information content (AvgIpc) is 3.18. The number of fused-ring (bicyclic) bond motifs is 1. The van der Waals surface area contributed by atoms with Gasteiger partial charge in [0.05, 0.1) is 0 Å². The predicted molar refractivity (Wildman–Crippen MR) is 101 cm³/mol. The maximum atomic E-state index is 11.4. The molecule has 148 valence electrons. The summed E-state index contributed by atoms with van der Waals surface area (Å²) in [4.78, 5) is 23.5. The zero-order chi connectivity index (χ0) is 19.6. The van der Waals surface area contributed by atoms with Crippen LogP contribution in [0.4, 0.5) is 5.82 Å². The van der Waals surface area contributed by atoms with Crippen LogP contribution in [0.25, 0.3) is 11.2 Å². The average molecular weight is 508 g/mol. The SMILES string of the molecule is C[Se]CC[C@H](NC[C@H]1O[C@@H](n2cnc3c(N)ncnc32)[C@H]([SeH])[C@@H]1O)C(=O)O. The normalized spacial score (nSPS) is 26.5. The molecule has 3 rings (SSSR count). The monoisotopic (exact) mass is 510 g/mol. The van der Waals surface area contributed by atoms with Gasteiger partial charge in [0, 0.05) is 0 Å². The van der Waals surface area contributed by atoms with E-state index in [1.807, 2.05) is 0 Å². The van der Waals surface area contributed by atoms with Crippen molar-refractivity contribution in [2.45, 2.75) is 46.9 Å². The van der Waals surface area contributed by atoms with Crippen molar-refractivity contribution < 1.29 is 19.7 Å². The Kier molecular flexibility index (Phi) is 6.69. The first-order valence-electron chi connectivity index (χ1n) is 8.33. The van der Waals surface area contributed by atoms with E-state index in [1.54, 1.807) is 10.9 Å². The first-order valence-corrected chi connectivity index (χ1v) is 12.3. The molecule has 2 aromatic heterocycles. The van der Waals surface area contributed by atoms with E-state index in [9.17, 15) is 15.0 Å². The number of nitrogens with two attached hydrogens (primary N) is 1. The number of carboxylic acid groups (broad SMARTS) is 1. The molecule has 10 nitrogen and oxygen atoms in total. The van der Waals surface area contributed by atoms with Crippen LogP contribution in [0.15, 0.2) is 12.7 Å². The van der Waals surface area contributed by atoms with E-state index in [0.717, 1.165) is 5.32 Å². The molecule has 3 heterocycles. The third-order valence-corrected chi connectivity index (χ3v) is 7.00. The summed E-state index contributed by atoms with van der Waals surface area (Å²) in [5.41, 5.74) is 6.82. The Morgan fingerprint density at radius 2 is 2.30 bits per heavy atom. The molecule has 0 spiro atoms. The van der Waals surface area contributed by atoms with E-state index in [2.05, 4.69) is 42.1 Å². The quantitative estimate of drug-likeness (QED) is 0.328. The van der Waals surface area contributed by atoms with Crippen molar-refractivity contribution in [1.29, 1.82) is 0 Å². The summed E-state index contributed by atoms with van der Waals surface area (Å²) < 4.78 is 7.73. The first kappa shape index (κ1) is 20.5. The number of imidazole rings is 1. The van der Waals surface area contributed by atoms with Gasteiger partial charge in [0.2, 0.25) is 0 Å². The third kappa shape index (κ3) is 4.27. The van der Waals surface area contributed by atoms with E-state index in [1.165, 1.54) is 6.33 Å². The van der Waals surface area contributed by atoms with E-state index in [0.29, 0.717) is 32.5 Å². The number of aliphatic hydroxyl groups is 1. The molecule has 5 atom stereocenters. The molecular formula is C15H22N6O4Se2. The second kappa shape index (κ2) is 8.83. The summed E-state index contributed by atoms with van der Waals surface area (Å²) in [6.07, 6.45) is 1.65. The van der Waals surface area contributed by atoms with Crippen LogP contribution in [0.3, 0.4) is 0 Å². The van der Waals surface area contributed by atoms with Crippen LogP contribution in [-0.4, -0.2) is 91.5 Å². The van der Waals surface area contributed by atoms with Gasteiger partial charge in [-0.2, -0.15) is 0 Å². The van der Waals surface area contributed by atoms with Gasteiger partial charge in [0.15, 0.2) is 0 Å². The second-order valence-corrected chi connectivity index (χ2v) is 9.53. The van der Waals surface area contributed by atoms with Gasteiger partial charge in [-0.25, -0.2) is 0 Å². The van der Waals surface area contributed by atoms with E-state index in [4.69, 9.17) is 10.5 Å². The molecule has 0 unspecified atom stereocenters. The van der Waals surface area contributed by atoms with Crippen LogP contribution in [0.1, 0.15) is 12.6 Å². The second-order valence-electron chi connectivity index (χ2n) is 6.21. The Morgan fingerprint density at radius 3 is 3.00 bits per heavy atom. The van der Waals surface area contributed by atoms with Gasteiger partial charge in [-0.05, 0) is 0 Å². The number of carbonyl (C=O) groups is 1. The van der Waals surface area contributed by atoms with Gasteiger partial charge in [-0.3, -0.25) is 0 Å². The van der Waals surface area contributed by atoms with Crippen molar-refractivity contribution in [2.24, 2.45) is 0 Å². The summed E-state index contributed by atoms with van der Waals surface area (Å²) in [5, 5.41) is 23.8. The zero-order valence-electron chi connectivity index (χ0n) is 14.6. The number of ether oxygens (including phenoxy) is 1. The Labute approximate surface area is 170 Å². The summed E-state index contributed by atoms with van der Waals surface area (Å²) >= 11 is 2.83. The van der Waals surface area contributed by atoms with Crippen LogP contribution in [0.5, 0.6) is 0 Å². The Morgan fingerprint density at radius 1 is 1.52 bits per heavy atom. The first-order chi connectivity index (χ1) is 12.9. The maximum absolute atomic E-state index is 11.4. The molecular weight excluding hydrogens is 486 g/mol. The van der Waals surface area contributed by atoms with Crippen LogP contribution in [0.2, 0.25) is 16.0 Å². The molecule has 1 saturated heterocycles. The number of nitrogen functional groups attached to an aromatic ring is 1. The Balaban J connectivity index is 1.71. The molecule has 0 saturated carbocycles. The van der Waals surface area contributed by atoms with E-state index < -0.39 is 30.4 Å². The number of aliphatic hydroxyl groups excluding tert-OH is 1. The molecule has 0 amide bonds. The fourth-order valence-corrected chi connectivity index (χ4v) is 4.83. The molecule has 1 aliphatic rings. The molecule has 0 bridgehead atoms. The topological polar surface area (TPSA) is 148 Å². The summed E-state index contributed by atoms with van der Waals surface area (Å²) in [7, 11) is 0. The number of nitrogens with zero attached hydrogens (tertiary/aromatic N) is 4. The fraction of sp³-hybridized carbons (Fsp3) is 0.600. The molecule has 0 aliphatic carbocycles. The number of aliphatic carboxylic acids is 1. The van der Waals surface area contributed by atoms with Crippen molar-refractivity contribution in [3.63, 3.8) is 0 Å². The van der Waals surface area contributed by atoms with Crippen LogP contribution in [0, 0.1) is 0 Å². The molecule has 5 N–H and O–H groups in total. The molecule has 12 heteroatoms. The minimum atomic E-state index is -0.889. The molecule has 1 fully saturated rings. The van der Waals surface area contributed by atoms with E-state index >= 15 is 0 Å². The molecule has 27 heavy (non-hydrogen) atoms. The third-order valence-electron chi connectivity index (χ3n) is 4.47. The number of hydrogen-bond donors (Lipinski definition) is 4. The van der Waals surface area contributed by atoms with Gasteiger partial charge in [-0.1, -0.05) is 0 Å². The van der Waals surface area contributed by atoms with Gasteiger partial charge in [-0.15, -0.1) is 0 Å². The van der Waals surface area contributed by atoms with Gasteiger partial charge >= 0.3 is 170 Å². The molecule has 0 aromatic carbocycles. The number of nitrogens with one attached hydrogen (secondary N) is 1. The minimum absolute atomic E-state index is 0.239. The predicted octanol–water partition coefficient (Wildman–Crippen LogP) is -1.04. The van der Waals surface area contributed by atoms with Crippen molar-refractivity contribution in [1.82, 2.24) is 24.8 Å². The molecule has 2 aromatic rings. The van der Waals surface area contributed by atoms with Gasteiger partial charge in [0.25, 0.3) is 0 Å². The molecule has 0 radical (unpaired) electrons. The van der Waals surface area contributed by atoms with Crippen molar-refractivity contribution in [2.75, 3.05) is 12.3 Å². The summed E-state index contributed by atoms with van der Waals surface area (Å²) in [5.74, 6) is 1.46. The van der Waals surface area contributed by atoms with Crippen molar-refractivity contribution in [3.8, 4) is 0 Å². The van der Waals surface area contributed by atoms with Crippen LogP contribution < -0.4 is 11.1 Å².